The van der Waals surface area contributed by atoms with E-state index < -0.39 is 0 Å². The molecule has 18 heavy (non-hydrogen) atoms. The van der Waals surface area contributed by atoms with Gasteiger partial charge in [-0.1, -0.05) is 85.7 Å². The molecule has 0 aliphatic heterocycles. The number of allylic oxidation sites excluding steroid dienone is 4. The molecule has 0 aromatic carbocycles. The lowest BCUT2D eigenvalue weighted by Gasteiger charge is -1.96. The summed E-state index contributed by atoms with van der Waals surface area (Å²) in [5, 5.41) is 1.16. The lowest BCUT2D eigenvalue weighted by Crippen LogP contribution is -1.78. The van der Waals surface area contributed by atoms with Crippen molar-refractivity contribution in [1.82, 2.24) is 0 Å². The van der Waals surface area contributed by atoms with Crippen molar-refractivity contribution in [2.24, 2.45) is 0 Å². The molecule has 0 nitrogen and oxygen atoms in total. The number of halogens is 1. The minimum absolute atomic E-state index is 1.16. The predicted molar refractivity (Wildman–Crippen MR) is 88.5 cm³/mol. The van der Waals surface area contributed by atoms with E-state index in [0.717, 1.165) is 5.33 Å². The smallest absolute Gasteiger partial charge is 0.00313 e. The maximum atomic E-state index is 3.47. The molecule has 0 aromatic heterocycles. The molecule has 0 radical (unpaired) electrons. The van der Waals surface area contributed by atoms with E-state index in [1.54, 1.807) is 0 Å². The minimum Gasteiger partial charge on any atom is -0.0928 e. The monoisotopic (exact) mass is 314 g/mol. The van der Waals surface area contributed by atoms with Crippen molar-refractivity contribution in [2.75, 3.05) is 5.33 Å². The van der Waals surface area contributed by atoms with Crippen LogP contribution in [0.4, 0.5) is 0 Å². The van der Waals surface area contributed by atoms with E-state index in [4.69, 9.17) is 0 Å². The molecule has 0 saturated carbocycles. The first kappa shape index (κ1) is 18.0. The molecular weight excluding hydrogens is 284 g/mol. The van der Waals surface area contributed by atoms with Crippen LogP contribution in [0.1, 0.15) is 77.6 Å². The first-order valence-corrected chi connectivity index (χ1v) is 8.91. The van der Waals surface area contributed by atoms with E-state index in [0.29, 0.717) is 0 Å². The van der Waals surface area contributed by atoms with Crippen LogP contribution in [-0.4, -0.2) is 5.33 Å². The molecule has 0 saturated heterocycles. The van der Waals surface area contributed by atoms with Crippen molar-refractivity contribution in [1.29, 1.82) is 0 Å². The van der Waals surface area contributed by atoms with Crippen molar-refractivity contribution in [3.05, 3.63) is 24.3 Å². The maximum Gasteiger partial charge on any atom is 0.00313 e. The molecule has 0 aliphatic rings. The van der Waals surface area contributed by atoms with Gasteiger partial charge in [0.15, 0.2) is 0 Å². The molecule has 0 rings (SSSR count). The number of alkyl halides is 1. The van der Waals surface area contributed by atoms with Crippen LogP contribution in [0.5, 0.6) is 0 Å². The van der Waals surface area contributed by atoms with Crippen LogP contribution in [0.15, 0.2) is 24.3 Å². The van der Waals surface area contributed by atoms with Crippen molar-refractivity contribution >= 4 is 15.9 Å². The fourth-order valence-corrected chi connectivity index (χ4v) is 2.32. The van der Waals surface area contributed by atoms with Gasteiger partial charge in [0.25, 0.3) is 0 Å². The van der Waals surface area contributed by atoms with Crippen molar-refractivity contribution < 1.29 is 0 Å². The normalized spacial score (nSPS) is 11.9. The van der Waals surface area contributed by atoms with Crippen molar-refractivity contribution in [3.63, 3.8) is 0 Å². The zero-order valence-corrected chi connectivity index (χ0v) is 13.8. The van der Waals surface area contributed by atoms with Crippen LogP contribution in [0.25, 0.3) is 0 Å². The lowest BCUT2D eigenvalue weighted by molar-refractivity contribution is 0.641. The SMILES string of the molecule is CCCCCC/C=C/C=C\CCCCCCCBr. The first-order chi connectivity index (χ1) is 8.91. The summed E-state index contributed by atoms with van der Waals surface area (Å²) in [6.45, 7) is 2.26. The highest BCUT2D eigenvalue weighted by Crippen LogP contribution is 2.07. The summed E-state index contributed by atoms with van der Waals surface area (Å²) in [5.74, 6) is 0. The zero-order chi connectivity index (χ0) is 13.3. The molecular formula is C17H31Br. The van der Waals surface area contributed by atoms with Crippen LogP contribution in [-0.2, 0) is 0 Å². The second-order valence-corrected chi connectivity index (χ2v) is 5.74. The summed E-state index contributed by atoms with van der Waals surface area (Å²) in [5.41, 5.74) is 0. The Hall–Kier alpha value is -0.0400. The first-order valence-electron chi connectivity index (χ1n) is 7.79. The van der Waals surface area contributed by atoms with Gasteiger partial charge in [-0.15, -0.1) is 0 Å². The molecule has 0 aromatic rings. The lowest BCUT2D eigenvalue weighted by atomic mass is 10.1. The number of hydrogen-bond acceptors (Lipinski definition) is 0. The second-order valence-electron chi connectivity index (χ2n) is 4.95. The van der Waals surface area contributed by atoms with Crippen molar-refractivity contribution in [3.8, 4) is 0 Å². The molecule has 0 amide bonds. The van der Waals surface area contributed by atoms with Gasteiger partial charge in [0.05, 0.1) is 0 Å². The molecule has 0 fully saturated rings. The number of hydrogen-bond donors (Lipinski definition) is 0. The standard InChI is InChI=1S/C17H31Br/c1-2-3-4-5-6-7-8-9-10-11-12-13-14-15-16-17-18/h7-10H,2-6,11-17H2,1H3/b8-7+,10-9-. The summed E-state index contributed by atoms with van der Waals surface area (Å²) < 4.78 is 0. The van der Waals surface area contributed by atoms with E-state index >= 15 is 0 Å². The van der Waals surface area contributed by atoms with Crippen LogP contribution in [0.2, 0.25) is 0 Å². The van der Waals surface area contributed by atoms with E-state index in [-0.39, 0.29) is 0 Å². The quantitative estimate of drug-likeness (QED) is 0.199. The summed E-state index contributed by atoms with van der Waals surface area (Å²) in [7, 11) is 0. The molecule has 0 spiro atoms. The third-order valence-electron chi connectivity index (χ3n) is 3.11. The van der Waals surface area contributed by atoms with E-state index in [1.165, 1.54) is 70.6 Å². The Labute approximate surface area is 123 Å². The van der Waals surface area contributed by atoms with Gasteiger partial charge in [0.1, 0.15) is 0 Å². The molecule has 0 heterocycles. The highest BCUT2D eigenvalue weighted by molar-refractivity contribution is 9.09. The van der Waals surface area contributed by atoms with E-state index in [2.05, 4.69) is 47.2 Å². The zero-order valence-electron chi connectivity index (χ0n) is 12.2. The maximum absolute atomic E-state index is 3.47. The Bertz CT molecular complexity index is 194. The Morgan fingerprint density at radius 3 is 1.72 bits per heavy atom. The third-order valence-corrected chi connectivity index (χ3v) is 3.67. The molecule has 0 unspecified atom stereocenters. The molecule has 0 N–H and O–H groups in total. The topological polar surface area (TPSA) is 0 Å². The Kier molecular flexibility index (Phi) is 16.9. The summed E-state index contributed by atoms with van der Waals surface area (Å²) in [4.78, 5) is 0. The second kappa shape index (κ2) is 17.0. The largest absolute Gasteiger partial charge is 0.0928 e. The van der Waals surface area contributed by atoms with Gasteiger partial charge < -0.3 is 0 Å². The fraction of sp³-hybridized carbons (Fsp3) is 0.765. The number of rotatable bonds is 13. The van der Waals surface area contributed by atoms with Gasteiger partial charge in [-0.2, -0.15) is 0 Å². The van der Waals surface area contributed by atoms with Gasteiger partial charge in [-0.25, -0.2) is 0 Å². The highest BCUT2D eigenvalue weighted by atomic mass is 79.9. The van der Waals surface area contributed by atoms with Crippen LogP contribution < -0.4 is 0 Å². The minimum atomic E-state index is 1.16. The van der Waals surface area contributed by atoms with Crippen LogP contribution in [0.3, 0.4) is 0 Å². The molecule has 1 heteroatoms. The van der Waals surface area contributed by atoms with Crippen molar-refractivity contribution in [2.45, 2.75) is 77.6 Å². The van der Waals surface area contributed by atoms with Gasteiger partial charge in [0.2, 0.25) is 0 Å². The number of unbranched alkanes of at least 4 members (excludes halogenated alkanes) is 9. The fourth-order valence-electron chi connectivity index (χ4n) is 1.93. The van der Waals surface area contributed by atoms with Crippen LogP contribution in [0, 0.1) is 0 Å². The predicted octanol–water partition coefficient (Wildman–Crippen LogP) is 6.80. The van der Waals surface area contributed by atoms with Gasteiger partial charge in [0, 0.05) is 5.33 Å². The van der Waals surface area contributed by atoms with Gasteiger partial charge >= 0.3 is 0 Å². The molecule has 106 valence electrons. The summed E-state index contributed by atoms with van der Waals surface area (Å²) >= 11 is 3.47. The van der Waals surface area contributed by atoms with E-state index in [9.17, 15) is 0 Å². The highest BCUT2D eigenvalue weighted by Gasteiger charge is 1.88. The summed E-state index contributed by atoms with van der Waals surface area (Å²) in [6, 6.07) is 0. The molecule has 0 bridgehead atoms. The molecule has 0 aliphatic carbocycles. The van der Waals surface area contributed by atoms with Gasteiger partial charge in [-0.05, 0) is 32.1 Å². The Morgan fingerprint density at radius 1 is 0.667 bits per heavy atom. The average Bonchev–Trinajstić information content (AvgIpc) is 2.39. The Morgan fingerprint density at radius 2 is 1.17 bits per heavy atom. The van der Waals surface area contributed by atoms with Crippen LogP contribution >= 0.6 is 15.9 Å². The summed E-state index contributed by atoms with van der Waals surface area (Å²) in [6.07, 6.45) is 23.9. The third kappa shape index (κ3) is 16.0. The van der Waals surface area contributed by atoms with E-state index in [1.807, 2.05) is 0 Å². The Balaban J connectivity index is 3.14. The average molecular weight is 315 g/mol. The molecule has 0 atom stereocenters. The van der Waals surface area contributed by atoms with Gasteiger partial charge in [-0.3, -0.25) is 0 Å².